The highest BCUT2D eigenvalue weighted by atomic mass is 35.5. The summed E-state index contributed by atoms with van der Waals surface area (Å²) >= 11 is 12.4. The van der Waals surface area contributed by atoms with Crippen molar-refractivity contribution in [2.45, 2.75) is 19.4 Å². The molecular weight excluding hydrogens is 315 g/mol. The number of hydrogen-bond acceptors (Lipinski definition) is 4. The number of ether oxygens (including phenoxy) is 1. The second-order valence-electron chi connectivity index (χ2n) is 4.54. The van der Waals surface area contributed by atoms with Gasteiger partial charge in [-0.05, 0) is 24.6 Å². The molecule has 1 amide bonds. The molecule has 1 atom stereocenters. The summed E-state index contributed by atoms with van der Waals surface area (Å²) in [7, 11) is 0. The van der Waals surface area contributed by atoms with Crippen LogP contribution < -0.4 is 10.1 Å². The number of halogens is 2. The molecule has 1 aromatic carbocycles. The van der Waals surface area contributed by atoms with Crippen LogP contribution in [0.1, 0.15) is 24.9 Å². The third-order valence-electron chi connectivity index (χ3n) is 3.19. The van der Waals surface area contributed by atoms with Gasteiger partial charge < -0.3 is 4.74 Å². The molecule has 0 fully saturated rings. The number of rotatable bonds is 3. The van der Waals surface area contributed by atoms with Gasteiger partial charge in [0.05, 0.1) is 29.1 Å². The molecule has 1 aromatic heterocycles. The van der Waals surface area contributed by atoms with Crippen LogP contribution in [0, 0.1) is 0 Å². The van der Waals surface area contributed by atoms with Crippen LogP contribution in [0.15, 0.2) is 18.5 Å². The smallest absolute Gasteiger partial charge is 0.229 e. The lowest BCUT2D eigenvalue weighted by atomic mass is 10.0. The number of carbonyl (C=O) groups is 1. The monoisotopic (exact) mass is 326 g/mol. The van der Waals surface area contributed by atoms with E-state index in [1.165, 1.54) is 6.33 Å². The zero-order chi connectivity index (χ0) is 15.0. The van der Waals surface area contributed by atoms with Gasteiger partial charge in [0, 0.05) is 0 Å². The molecule has 110 valence electrons. The van der Waals surface area contributed by atoms with Crippen LogP contribution in [0.5, 0.6) is 5.75 Å². The lowest BCUT2D eigenvalue weighted by Gasteiger charge is -2.24. The molecule has 6 nitrogen and oxygen atoms in total. The molecule has 0 radical (unpaired) electrons. The van der Waals surface area contributed by atoms with E-state index in [0.29, 0.717) is 28.3 Å². The molecular formula is C13H12Cl2N4O2. The lowest BCUT2D eigenvalue weighted by molar-refractivity contribution is -0.117. The molecule has 1 aliphatic rings. The van der Waals surface area contributed by atoms with Crippen LogP contribution >= 0.6 is 23.2 Å². The van der Waals surface area contributed by atoms with E-state index in [4.69, 9.17) is 27.9 Å². The van der Waals surface area contributed by atoms with Gasteiger partial charge >= 0.3 is 0 Å². The standard InChI is InChI=1S/C13H12Cl2N4O2/c1-2-21-12-8(14)3-7(4-9(12)15)10-5-11(20)18-13-16-6-17-19(10)13/h3-4,6,10H,2,5H2,1H3,(H,16,17,18,20). The fraction of sp³-hybridized carbons (Fsp3) is 0.308. The number of benzene rings is 1. The normalized spacial score (nSPS) is 17.3. The summed E-state index contributed by atoms with van der Waals surface area (Å²) in [6.45, 7) is 2.32. The molecule has 21 heavy (non-hydrogen) atoms. The first-order valence-corrected chi connectivity index (χ1v) is 7.16. The quantitative estimate of drug-likeness (QED) is 0.941. The molecule has 2 aromatic rings. The van der Waals surface area contributed by atoms with Crippen molar-refractivity contribution in [2.24, 2.45) is 0 Å². The summed E-state index contributed by atoms with van der Waals surface area (Å²) in [4.78, 5) is 15.8. The summed E-state index contributed by atoms with van der Waals surface area (Å²) in [6, 6.07) is 3.20. The summed E-state index contributed by atoms with van der Waals surface area (Å²) in [5.41, 5.74) is 0.787. The minimum Gasteiger partial charge on any atom is -0.491 e. The summed E-state index contributed by atoms with van der Waals surface area (Å²) in [5, 5.41) is 7.62. The maximum atomic E-state index is 11.8. The highest BCUT2D eigenvalue weighted by Crippen LogP contribution is 2.38. The molecule has 0 saturated carbocycles. The van der Waals surface area contributed by atoms with Crippen LogP contribution in [0.25, 0.3) is 0 Å². The Kier molecular flexibility index (Phi) is 3.73. The van der Waals surface area contributed by atoms with Crippen molar-refractivity contribution in [3.05, 3.63) is 34.1 Å². The van der Waals surface area contributed by atoms with Crippen molar-refractivity contribution in [3.63, 3.8) is 0 Å². The second kappa shape index (κ2) is 5.54. The number of anilines is 1. The SMILES string of the molecule is CCOc1c(Cl)cc(C2CC(=O)Nc3ncnn32)cc1Cl. The van der Waals surface area contributed by atoms with Gasteiger partial charge in [-0.15, -0.1) is 0 Å². The molecule has 0 bridgehead atoms. The number of nitrogens with one attached hydrogen (secondary N) is 1. The average Bonchev–Trinajstić information content (AvgIpc) is 2.89. The van der Waals surface area contributed by atoms with E-state index in [2.05, 4.69) is 15.4 Å². The third kappa shape index (κ3) is 2.56. The Morgan fingerprint density at radius 2 is 2.14 bits per heavy atom. The highest BCUT2D eigenvalue weighted by molar-refractivity contribution is 6.37. The van der Waals surface area contributed by atoms with Crippen LogP contribution in [0.2, 0.25) is 10.0 Å². The largest absolute Gasteiger partial charge is 0.491 e. The fourth-order valence-corrected chi connectivity index (χ4v) is 2.93. The Hall–Kier alpha value is -1.79. The van der Waals surface area contributed by atoms with Crippen LogP contribution in [0.4, 0.5) is 5.95 Å². The average molecular weight is 327 g/mol. The lowest BCUT2D eigenvalue weighted by Crippen LogP contribution is -2.29. The van der Waals surface area contributed by atoms with Gasteiger partial charge in [-0.25, -0.2) is 4.68 Å². The maximum absolute atomic E-state index is 11.8. The Morgan fingerprint density at radius 1 is 1.43 bits per heavy atom. The summed E-state index contributed by atoms with van der Waals surface area (Å²) < 4.78 is 7.05. The van der Waals surface area contributed by atoms with Gasteiger partial charge in [0.1, 0.15) is 6.33 Å². The number of fused-ring (bicyclic) bond motifs is 1. The van der Waals surface area contributed by atoms with Gasteiger partial charge in [0.25, 0.3) is 0 Å². The van der Waals surface area contributed by atoms with E-state index in [0.717, 1.165) is 5.56 Å². The first-order chi connectivity index (χ1) is 10.1. The van der Waals surface area contributed by atoms with Gasteiger partial charge in [0.15, 0.2) is 5.75 Å². The predicted molar refractivity (Wildman–Crippen MR) is 79.0 cm³/mol. The third-order valence-corrected chi connectivity index (χ3v) is 3.75. The summed E-state index contributed by atoms with van der Waals surface area (Å²) in [6.07, 6.45) is 1.64. The number of hydrogen-bond donors (Lipinski definition) is 1. The molecule has 2 heterocycles. The molecule has 3 rings (SSSR count). The van der Waals surface area contributed by atoms with E-state index in [1.54, 1.807) is 16.8 Å². The van der Waals surface area contributed by atoms with Crippen molar-refractivity contribution in [2.75, 3.05) is 11.9 Å². The van der Waals surface area contributed by atoms with Crippen LogP contribution in [0.3, 0.4) is 0 Å². The topological polar surface area (TPSA) is 69.0 Å². The Bertz CT molecular complexity index is 678. The maximum Gasteiger partial charge on any atom is 0.229 e. The van der Waals surface area contributed by atoms with Gasteiger partial charge in [-0.1, -0.05) is 23.2 Å². The van der Waals surface area contributed by atoms with E-state index in [-0.39, 0.29) is 18.4 Å². The van der Waals surface area contributed by atoms with Crippen LogP contribution in [-0.4, -0.2) is 27.3 Å². The van der Waals surface area contributed by atoms with Gasteiger partial charge in [-0.2, -0.15) is 10.1 Å². The number of nitrogens with zero attached hydrogens (tertiary/aromatic N) is 3. The number of aromatic nitrogens is 3. The highest BCUT2D eigenvalue weighted by Gasteiger charge is 2.28. The Morgan fingerprint density at radius 3 is 2.81 bits per heavy atom. The molecule has 0 aliphatic carbocycles. The van der Waals surface area contributed by atoms with E-state index in [9.17, 15) is 4.79 Å². The van der Waals surface area contributed by atoms with Crippen molar-refractivity contribution in [1.82, 2.24) is 14.8 Å². The van der Waals surface area contributed by atoms with Crippen molar-refractivity contribution in [3.8, 4) is 5.75 Å². The Balaban J connectivity index is 2.04. The van der Waals surface area contributed by atoms with E-state index >= 15 is 0 Å². The molecule has 1 unspecified atom stereocenters. The fourth-order valence-electron chi connectivity index (χ4n) is 2.32. The zero-order valence-corrected chi connectivity index (χ0v) is 12.6. The molecule has 0 spiro atoms. The summed E-state index contributed by atoms with van der Waals surface area (Å²) in [5.74, 6) is 0.739. The van der Waals surface area contributed by atoms with Gasteiger partial charge in [0.2, 0.25) is 11.9 Å². The van der Waals surface area contributed by atoms with Crippen molar-refractivity contribution in [1.29, 1.82) is 0 Å². The second-order valence-corrected chi connectivity index (χ2v) is 5.36. The molecule has 0 saturated heterocycles. The van der Waals surface area contributed by atoms with Gasteiger partial charge in [-0.3, -0.25) is 10.1 Å². The van der Waals surface area contributed by atoms with Crippen LogP contribution in [-0.2, 0) is 4.79 Å². The molecule has 8 heteroatoms. The first kappa shape index (κ1) is 14.2. The van der Waals surface area contributed by atoms with E-state index < -0.39 is 0 Å². The first-order valence-electron chi connectivity index (χ1n) is 6.41. The molecule has 1 N–H and O–H groups in total. The number of carbonyl (C=O) groups excluding carboxylic acids is 1. The minimum absolute atomic E-state index is 0.123. The number of amides is 1. The van der Waals surface area contributed by atoms with Crippen molar-refractivity contribution >= 4 is 35.1 Å². The predicted octanol–water partition coefficient (Wildman–Crippen LogP) is 2.92. The minimum atomic E-state index is -0.290. The Labute approximate surface area is 131 Å². The van der Waals surface area contributed by atoms with Crippen molar-refractivity contribution < 1.29 is 9.53 Å². The van der Waals surface area contributed by atoms with E-state index in [1.807, 2.05) is 6.92 Å². The molecule has 1 aliphatic heterocycles. The zero-order valence-electron chi connectivity index (χ0n) is 11.1.